The zero-order valence-electron chi connectivity index (χ0n) is 10.1. The van der Waals surface area contributed by atoms with Crippen molar-refractivity contribution in [1.82, 2.24) is 0 Å². The van der Waals surface area contributed by atoms with Gasteiger partial charge in [0, 0.05) is 0 Å². The Kier molecular flexibility index (Phi) is 3.11. The van der Waals surface area contributed by atoms with E-state index in [9.17, 15) is 5.11 Å². The molecule has 15 heavy (non-hydrogen) atoms. The van der Waals surface area contributed by atoms with Crippen molar-refractivity contribution in [3.8, 4) is 12.3 Å². The lowest BCUT2D eigenvalue weighted by atomic mass is 9.84. The quantitative estimate of drug-likeness (QED) is 0.685. The first-order valence-electron chi connectivity index (χ1n) is 5.38. The van der Waals surface area contributed by atoms with Gasteiger partial charge in [-0.05, 0) is 43.8 Å². The Bertz CT molecular complexity index is 348. The van der Waals surface area contributed by atoms with Crippen LogP contribution in [-0.4, -0.2) is 10.7 Å². The van der Waals surface area contributed by atoms with E-state index in [4.69, 9.17) is 6.42 Å². The summed E-state index contributed by atoms with van der Waals surface area (Å²) in [6, 6.07) is 0. The maximum Gasteiger partial charge on any atom is 0.141 e. The first-order valence-corrected chi connectivity index (χ1v) is 5.38. The zero-order chi connectivity index (χ0) is 11.7. The van der Waals surface area contributed by atoms with Crippen LogP contribution in [0.25, 0.3) is 0 Å². The number of aliphatic hydroxyl groups is 1. The third kappa shape index (κ3) is 2.73. The van der Waals surface area contributed by atoms with E-state index in [1.54, 1.807) is 13.0 Å². The number of allylic oxidation sites excluding steroid dienone is 3. The van der Waals surface area contributed by atoms with Gasteiger partial charge in [0.1, 0.15) is 5.60 Å². The van der Waals surface area contributed by atoms with Crippen molar-refractivity contribution in [2.45, 2.75) is 46.1 Å². The molecule has 0 radical (unpaired) electrons. The molecule has 1 aliphatic carbocycles. The van der Waals surface area contributed by atoms with Gasteiger partial charge in [-0.25, -0.2) is 0 Å². The van der Waals surface area contributed by atoms with Gasteiger partial charge in [0.2, 0.25) is 0 Å². The van der Waals surface area contributed by atoms with Gasteiger partial charge in [-0.2, -0.15) is 0 Å². The summed E-state index contributed by atoms with van der Waals surface area (Å²) in [5, 5.41) is 9.69. The second-order valence-electron chi connectivity index (χ2n) is 5.20. The molecule has 0 heterocycles. The minimum absolute atomic E-state index is 0.214. The monoisotopic (exact) mass is 204 g/mol. The van der Waals surface area contributed by atoms with Crippen molar-refractivity contribution < 1.29 is 5.11 Å². The van der Waals surface area contributed by atoms with Crippen LogP contribution in [0, 0.1) is 17.8 Å². The molecule has 1 unspecified atom stereocenters. The fourth-order valence-corrected chi connectivity index (χ4v) is 2.01. The molecule has 0 aromatic rings. The fraction of sp³-hybridized carbons (Fsp3) is 0.571. The Morgan fingerprint density at radius 3 is 2.53 bits per heavy atom. The lowest BCUT2D eigenvalue weighted by molar-refractivity contribution is 0.174. The highest BCUT2D eigenvalue weighted by atomic mass is 16.3. The van der Waals surface area contributed by atoms with Crippen molar-refractivity contribution >= 4 is 0 Å². The highest BCUT2D eigenvalue weighted by Gasteiger charge is 2.29. The van der Waals surface area contributed by atoms with E-state index in [1.165, 1.54) is 17.6 Å². The van der Waals surface area contributed by atoms with Gasteiger partial charge < -0.3 is 5.11 Å². The molecule has 1 heteroatoms. The summed E-state index contributed by atoms with van der Waals surface area (Å²) in [4.78, 5) is 0. The van der Waals surface area contributed by atoms with Gasteiger partial charge in [-0.1, -0.05) is 31.4 Å². The number of terminal acetylenes is 1. The summed E-state index contributed by atoms with van der Waals surface area (Å²) in [5.74, 6) is 2.35. The van der Waals surface area contributed by atoms with Crippen LogP contribution in [0.2, 0.25) is 0 Å². The molecule has 1 nitrogen and oxygen atoms in total. The normalized spacial score (nSPS) is 24.3. The van der Waals surface area contributed by atoms with Crippen molar-refractivity contribution in [2.75, 3.05) is 0 Å². The molecule has 0 bridgehead atoms. The zero-order valence-corrected chi connectivity index (χ0v) is 10.1. The summed E-state index contributed by atoms with van der Waals surface area (Å²) in [5.41, 5.74) is 1.80. The summed E-state index contributed by atoms with van der Waals surface area (Å²) < 4.78 is 0. The van der Waals surface area contributed by atoms with Gasteiger partial charge in [0.25, 0.3) is 0 Å². The SMILES string of the molecule is C#CC(C)(O)C=CC1=C(C)CCC1(C)C. The molecule has 1 rings (SSSR count). The Hall–Kier alpha value is -1.00. The molecule has 1 atom stereocenters. The number of hydrogen-bond acceptors (Lipinski definition) is 1. The maximum absolute atomic E-state index is 9.69. The maximum atomic E-state index is 9.69. The molecule has 0 saturated heterocycles. The van der Waals surface area contributed by atoms with E-state index >= 15 is 0 Å². The fourth-order valence-electron chi connectivity index (χ4n) is 2.01. The molecular weight excluding hydrogens is 184 g/mol. The van der Waals surface area contributed by atoms with Crippen LogP contribution in [0.5, 0.6) is 0 Å². The predicted molar refractivity (Wildman–Crippen MR) is 64.3 cm³/mol. The van der Waals surface area contributed by atoms with E-state index in [-0.39, 0.29) is 5.41 Å². The van der Waals surface area contributed by atoms with Crippen LogP contribution in [0.3, 0.4) is 0 Å². The van der Waals surface area contributed by atoms with E-state index in [2.05, 4.69) is 26.7 Å². The van der Waals surface area contributed by atoms with Crippen LogP contribution in [0.15, 0.2) is 23.3 Å². The minimum Gasteiger partial charge on any atom is -0.374 e. The van der Waals surface area contributed by atoms with E-state index in [1.807, 2.05) is 6.08 Å². The van der Waals surface area contributed by atoms with Crippen LogP contribution >= 0.6 is 0 Å². The lowest BCUT2D eigenvalue weighted by Crippen LogP contribution is -2.18. The van der Waals surface area contributed by atoms with E-state index in [0.717, 1.165) is 6.42 Å². The van der Waals surface area contributed by atoms with Crippen LogP contribution < -0.4 is 0 Å². The first kappa shape index (κ1) is 12.1. The molecule has 82 valence electrons. The van der Waals surface area contributed by atoms with Crippen molar-refractivity contribution in [1.29, 1.82) is 0 Å². The molecule has 0 aromatic heterocycles. The van der Waals surface area contributed by atoms with E-state index in [0.29, 0.717) is 0 Å². The average molecular weight is 204 g/mol. The van der Waals surface area contributed by atoms with Gasteiger partial charge in [0.15, 0.2) is 0 Å². The summed E-state index contributed by atoms with van der Waals surface area (Å²) in [6.45, 7) is 8.24. The van der Waals surface area contributed by atoms with Crippen molar-refractivity contribution in [3.05, 3.63) is 23.3 Å². The predicted octanol–water partition coefficient (Wildman–Crippen LogP) is 3.06. The molecule has 0 spiro atoms. The summed E-state index contributed by atoms with van der Waals surface area (Å²) in [7, 11) is 0. The first-order chi connectivity index (χ1) is 6.78. The molecule has 1 aliphatic rings. The summed E-state index contributed by atoms with van der Waals surface area (Å²) in [6.07, 6.45) is 11.2. The third-order valence-corrected chi connectivity index (χ3v) is 3.18. The molecular formula is C14H20O. The summed E-state index contributed by atoms with van der Waals surface area (Å²) >= 11 is 0. The van der Waals surface area contributed by atoms with Crippen LogP contribution in [0.1, 0.15) is 40.5 Å². The van der Waals surface area contributed by atoms with Crippen molar-refractivity contribution in [2.24, 2.45) is 5.41 Å². The third-order valence-electron chi connectivity index (χ3n) is 3.18. The lowest BCUT2D eigenvalue weighted by Gasteiger charge is -2.21. The second-order valence-corrected chi connectivity index (χ2v) is 5.20. The molecule has 0 aliphatic heterocycles. The smallest absolute Gasteiger partial charge is 0.141 e. The number of rotatable bonds is 2. The van der Waals surface area contributed by atoms with E-state index < -0.39 is 5.60 Å². The second kappa shape index (κ2) is 3.87. The van der Waals surface area contributed by atoms with Gasteiger partial charge in [-0.15, -0.1) is 6.42 Å². The van der Waals surface area contributed by atoms with Gasteiger partial charge in [0.05, 0.1) is 0 Å². The molecule has 0 saturated carbocycles. The Morgan fingerprint density at radius 2 is 2.13 bits per heavy atom. The molecule has 0 aromatic carbocycles. The van der Waals surface area contributed by atoms with Crippen molar-refractivity contribution in [3.63, 3.8) is 0 Å². The van der Waals surface area contributed by atoms with Crippen LogP contribution in [-0.2, 0) is 0 Å². The minimum atomic E-state index is -1.13. The van der Waals surface area contributed by atoms with Gasteiger partial charge in [-0.3, -0.25) is 0 Å². The molecule has 1 N–H and O–H groups in total. The Morgan fingerprint density at radius 1 is 1.53 bits per heavy atom. The Labute approximate surface area is 92.9 Å². The Balaban J connectivity index is 2.92. The number of hydrogen-bond donors (Lipinski definition) is 1. The topological polar surface area (TPSA) is 20.2 Å². The highest BCUT2D eigenvalue weighted by molar-refractivity contribution is 5.37. The molecule has 0 amide bonds. The largest absolute Gasteiger partial charge is 0.374 e. The van der Waals surface area contributed by atoms with Crippen LogP contribution in [0.4, 0.5) is 0 Å². The van der Waals surface area contributed by atoms with Gasteiger partial charge >= 0.3 is 0 Å². The standard InChI is InChI=1S/C14H20O/c1-6-14(5,15)10-8-12-11(2)7-9-13(12,3)4/h1,8,10,15H,7,9H2,2-5H3. The average Bonchev–Trinajstić information content (AvgIpc) is 2.39. The molecule has 0 fully saturated rings. The highest BCUT2D eigenvalue weighted by Crippen LogP contribution is 2.42.